The SMILES string of the molecule is COc1c(Cl)cc(-c2n[nH]c(C(N)=O)c2-c2ccccc2S(N)(=O)=O)cc1Cl. The van der Waals surface area contributed by atoms with Gasteiger partial charge in [-0.25, -0.2) is 13.6 Å². The Balaban J connectivity index is 2.37. The summed E-state index contributed by atoms with van der Waals surface area (Å²) in [6.07, 6.45) is 0. The van der Waals surface area contributed by atoms with Crippen molar-refractivity contribution in [2.75, 3.05) is 7.11 Å². The van der Waals surface area contributed by atoms with Crippen LogP contribution in [0.25, 0.3) is 22.4 Å². The van der Waals surface area contributed by atoms with E-state index in [2.05, 4.69) is 10.2 Å². The van der Waals surface area contributed by atoms with E-state index in [1.807, 2.05) is 0 Å². The van der Waals surface area contributed by atoms with Gasteiger partial charge in [0, 0.05) is 16.7 Å². The molecule has 28 heavy (non-hydrogen) atoms. The summed E-state index contributed by atoms with van der Waals surface area (Å²) >= 11 is 12.4. The molecule has 1 amide bonds. The molecule has 8 nitrogen and oxygen atoms in total. The number of aromatic nitrogens is 2. The summed E-state index contributed by atoms with van der Waals surface area (Å²) in [7, 11) is -2.68. The Bertz CT molecular complexity index is 1170. The van der Waals surface area contributed by atoms with Crippen molar-refractivity contribution in [2.24, 2.45) is 10.9 Å². The van der Waals surface area contributed by atoms with Gasteiger partial charge in [0.2, 0.25) is 10.0 Å². The van der Waals surface area contributed by atoms with Crippen LogP contribution >= 0.6 is 23.2 Å². The van der Waals surface area contributed by atoms with Gasteiger partial charge in [-0.05, 0) is 18.2 Å². The molecule has 0 bridgehead atoms. The van der Waals surface area contributed by atoms with Crippen LogP contribution in [0.4, 0.5) is 0 Å². The summed E-state index contributed by atoms with van der Waals surface area (Å²) in [5.41, 5.74) is 6.31. The first kappa shape index (κ1) is 20.2. The number of carbonyl (C=O) groups excluding carboxylic acids is 1. The van der Waals surface area contributed by atoms with E-state index >= 15 is 0 Å². The van der Waals surface area contributed by atoms with Crippen LogP contribution in [0.1, 0.15) is 10.5 Å². The highest BCUT2D eigenvalue weighted by Gasteiger charge is 2.26. The van der Waals surface area contributed by atoms with Crippen molar-refractivity contribution in [1.29, 1.82) is 0 Å². The molecule has 11 heteroatoms. The molecule has 0 saturated carbocycles. The Kier molecular flexibility index (Phi) is 5.35. The number of benzene rings is 2. The van der Waals surface area contributed by atoms with Crippen molar-refractivity contribution in [2.45, 2.75) is 4.90 Å². The summed E-state index contributed by atoms with van der Waals surface area (Å²) in [6.45, 7) is 0. The van der Waals surface area contributed by atoms with Gasteiger partial charge in [0.05, 0.1) is 22.1 Å². The van der Waals surface area contributed by atoms with Gasteiger partial charge in [-0.1, -0.05) is 41.4 Å². The Morgan fingerprint density at radius 3 is 2.32 bits per heavy atom. The zero-order valence-corrected chi connectivity index (χ0v) is 16.7. The zero-order chi connectivity index (χ0) is 20.6. The summed E-state index contributed by atoms with van der Waals surface area (Å²) < 4.78 is 29.2. The van der Waals surface area contributed by atoms with Crippen LogP contribution in [0, 0.1) is 0 Å². The number of aromatic amines is 1. The molecule has 5 N–H and O–H groups in total. The minimum atomic E-state index is -4.09. The van der Waals surface area contributed by atoms with Crippen molar-refractivity contribution in [1.82, 2.24) is 10.2 Å². The van der Waals surface area contributed by atoms with E-state index < -0.39 is 15.9 Å². The van der Waals surface area contributed by atoms with E-state index in [1.165, 1.54) is 37.4 Å². The maximum Gasteiger partial charge on any atom is 0.267 e. The number of hydrogen-bond acceptors (Lipinski definition) is 5. The quantitative estimate of drug-likeness (QED) is 0.558. The number of halogens is 2. The number of primary sulfonamides is 1. The number of nitrogens with two attached hydrogens (primary N) is 2. The number of ether oxygens (including phenoxy) is 1. The first-order valence-corrected chi connectivity index (χ1v) is 9.99. The maximum atomic E-state index is 12.0. The third kappa shape index (κ3) is 3.57. The number of hydrogen-bond donors (Lipinski definition) is 3. The van der Waals surface area contributed by atoms with Gasteiger partial charge in [0.15, 0.2) is 5.75 Å². The van der Waals surface area contributed by atoms with Gasteiger partial charge < -0.3 is 10.5 Å². The lowest BCUT2D eigenvalue weighted by Crippen LogP contribution is -2.16. The third-order valence-electron chi connectivity index (χ3n) is 3.95. The van der Waals surface area contributed by atoms with Crippen molar-refractivity contribution in [3.8, 4) is 28.1 Å². The van der Waals surface area contributed by atoms with Gasteiger partial charge in [-0.3, -0.25) is 9.89 Å². The molecule has 1 aromatic heterocycles. The highest BCUT2D eigenvalue weighted by atomic mass is 35.5. The number of H-pyrrole nitrogens is 1. The molecule has 0 atom stereocenters. The highest BCUT2D eigenvalue weighted by Crippen LogP contribution is 2.41. The topological polar surface area (TPSA) is 141 Å². The van der Waals surface area contributed by atoms with Crippen LogP contribution < -0.4 is 15.6 Å². The normalized spacial score (nSPS) is 11.4. The lowest BCUT2D eigenvalue weighted by atomic mass is 9.98. The largest absolute Gasteiger partial charge is 0.494 e. The van der Waals surface area contributed by atoms with Gasteiger partial charge >= 0.3 is 0 Å². The number of sulfonamides is 1. The molecule has 0 aliphatic carbocycles. The van der Waals surface area contributed by atoms with Crippen molar-refractivity contribution < 1.29 is 17.9 Å². The summed E-state index contributed by atoms with van der Waals surface area (Å²) in [6, 6.07) is 8.97. The molecule has 0 unspecified atom stereocenters. The smallest absolute Gasteiger partial charge is 0.267 e. The maximum absolute atomic E-state index is 12.0. The van der Waals surface area contributed by atoms with E-state index in [-0.39, 0.29) is 43.2 Å². The first-order valence-electron chi connectivity index (χ1n) is 7.69. The summed E-state index contributed by atoms with van der Waals surface area (Å²) in [5, 5.41) is 12.4. The molecule has 2 aromatic carbocycles. The average molecular weight is 441 g/mol. The molecule has 0 spiro atoms. The average Bonchev–Trinajstić information content (AvgIpc) is 3.06. The number of primary amides is 1. The van der Waals surface area contributed by atoms with Gasteiger partial charge in [-0.2, -0.15) is 5.10 Å². The number of nitrogens with one attached hydrogen (secondary N) is 1. The van der Waals surface area contributed by atoms with Crippen molar-refractivity contribution in [3.05, 3.63) is 52.1 Å². The number of amides is 1. The van der Waals surface area contributed by atoms with E-state index in [0.717, 1.165) is 0 Å². The summed E-state index contributed by atoms with van der Waals surface area (Å²) in [5.74, 6) is -0.562. The van der Waals surface area contributed by atoms with E-state index in [9.17, 15) is 13.2 Å². The lowest BCUT2D eigenvalue weighted by Gasteiger charge is -2.11. The summed E-state index contributed by atoms with van der Waals surface area (Å²) in [4.78, 5) is 11.7. The predicted octanol–water partition coefficient (Wildman–Crippen LogP) is 2.81. The fourth-order valence-corrected chi connectivity index (χ4v) is 4.19. The molecular formula is C17H14Cl2N4O4S. The molecular weight excluding hydrogens is 427 g/mol. The standard InChI is InChI=1S/C17H14Cl2N4O4S/c1-27-16-10(18)6-8(7-11(16)19)14-13(15(17(20)24)23-22-14)9-4-2-3-5-12(9)28(21,25)26/h2-7H,1H3,(H2,20,24)(H,22,23)(H2,21,25,26). The van der Waals surface area contributed by atoms with E-state index in [0.29, 0.717) is 5.56 Å². The Labute approximate surface area is 170 Å². The molecule has 0 fully saturated rings. The predicted molar refractivity (Wildman–Crippen MR) is 106 cm³/mol. The van der Waals surface area contributed by atoms with E-state index in [1.54, 1.807) is 6.07 Å². The fraction of sp³-hybridized carbons (Fsp3) is 0.0588. The minimum absolute atomic E-state index is 0.0887. The van der Waals surface area contributed by atoms with Crippen molar-refractivity contribution >= 4 is 39.1 Å². The second kappa shape index (κ2) is 7.44. The molecule has 0 aliphatic rings. The lowest BCUT2D eigenvalue weighted by molar-refractivity contribution is 0.0996. The molecule has 1 heterocycles. The second-order valence-electron chi connectivity index (χ2n) is 5.70. The van der Waals surface area contributed by atoms with Crippen LogP contribution in [0.3, 0.4) is 0 Å². The molecule has 3 rings (SSSR count). The molecule has 0 aliphatic heterocycles. The fourth-order valence-electron chi connectivity index (χ4n) is 2.80. The van der Waals surface area contributed by atoms with Crippen LogP contribution in [-0.2, 0) is 10.0 Å². The molecule has 146 valence electrons. The van der Waals surface area contributed by atoms with Crippen LogP contribution in [0.5, 0.6) is 5.75 Å². The van der Waals surface area contributed by atoms with E-state index in [4.69, 9.17) is 38.8 Å². The monoisotopic (exact) mass is 440 g/mol. The number of nitrogens with zero attached hydrogens (tertiary/aromatic N) is 1. The second-order valence-corrected chi connectivity index (χ2v) is 8.05. The Hall–Kier alpha value is -2.59. The van der Waals surface area contributed by atoms with Crippen LogP contribution in [0.2, 0.25) is 10.0 Å². The van der Waals surface area contributed by atoms with Crippen LogP contribution in [0.15, 0.2) is 41.3 Å². The Morgan fingerprint density at radius 2 is 1.79 bits per heavy atom. The molecule has 0 saturated heterocycles. The van der Waals surface area contributed by atoms with Gasteiger partial charge in [0.1, 0.15) is 11.4 Å². The number of methoxy groups -OCH3 is 1. The minimum Gasteiger partial charge on any atom is -0.494 e. The molecule has 3 aromatic rings. The van der Waals surface area contributed by atoms with Gasteiger partial charge in [-0.15, -0.1) is 0 Å². The number of carbonyl (C=O) groups is 1. The highest BCUT2D eigenvalue weighted by molar-refractivity contribution is 7.89. The Morgan fingerprint density at radius 1 is 1.18 bits per heavy atom. The first-order chi connectivity index (χ1) is 13.1. The van der Waals surface area contributed by atoms with Gasteiger partial charge in [0.25, 0.3) is 5.91 Å². The number of rotatable bonds is 5. The zero-order valence-electron chi connectivity index (χ0n) is 14.4. The van der Waals surface area contributed by atoms with Crippen molar-refractivity contribution in [3.63, 3.8) is 0 Å². The molecule has 0 radical (unpaired) electrons. The van der Waals surface area contributed by atoms with Crippen LogP contribution in [-0.4, -0.2) is 31.6 Å². The third-order valence-corrected chi connectivity index (χ3v) is 5.48.